The minimum Gasteiger partial charge on any atom is -0.481 e. The Hall–Kier alpha value is -2.71. The third-order valence-electron chi connectivity index (χ3n) is 4.97. The highest BCUT2D eigenvalue weighted by atomic mass is 32.1. The van der Waals surface area contributed by atoms with Crippen LogP contribution in [-0.2, 0) is 11.3 Å². The molecule has 1 saturated heterocycles. The summed E-state index contributed by atoms with van der Waals surface area (Å²) in [7, 11) is 1.58. The number of aromatic nitrogens is 3. The van der Waals surface area contributed by atoms with Gasteiger partial charge in [-0.1, -0.05) is 0 Å². The fourth-order valence-corrected chi connectivity index (χ4v) is 4.26. The van der Waals surface area contributed by atoms with Crippen LogP contribution in [0.25, 0.3) is 22.0 Å². The van der Waals surface area contributed by atoms with Gasteiger partial charge in [-0.05, 0) is 31.9 Å². The van der Waals surface area contributed by atoms with Gasteiger partial charge in [-0.3, -0.25) is 0 Å². The van der Waals surface area contributed by atoms with Crippen molar-refractivity contribution in [3.8, 4) is 27.8 Å². The molecule has 1 fully saturated rings. The zero-order valence-electron chi connectivity index (χ0n) is 15.7. The largest absolute Gasteiger partial charge is 0.481 e. The fraction of sp³-hybridized carbons (Fsp3) is 0.350. The van der Waals surface area contributed by atoms with Crippen LogP contribution in [0.3, 0.4) is 0 Å². The van der Waals surface area contributed by atoms with E-state index in [4.69, 9.17) is 14.5 Å². The summed E-state index contributed by atoms with van der Waals surface area (Å²) in [6.07, 6.45) is 3.85. The Labute approximate surface area is 166 Å². The Kier molecular flexibility index (Phi) is 5.15. The van der Waals surface area contributed by atoms with Gasteiger partial charge in [-0.25, -0.2) is 14.8 Å². The van der Waals surface area contributed by atoms with E-state index in [1.807, 2.05) is 22.9 Å². The molecule has 1 atom stereocenters. The Balaban J connectivity index is 1.70. The molecular weight excluding hydrogens is 378 g/mol. The molecule has 0 amide bonds. The molecule has 1 unspecified atom stereocenters. The van der Waals surface area contributed by atoms with E-state index >= 15 is 0 Å². The van der Waals surface area contributed by atoms with Gasteiger partial charge in [0.1, 0.15) is 5.01 Å². The maximum absolute atomic E-state index is 11.7. The first-order valence-electron chi connectivity index (χ1n) is 9.08. The maximum Gasteiger partial charge on any atom is 0.337 e. The predicted molar refractivity (Wildman–Crippen MR) is 106 cm³/mol. The molecule has 0 radical (unpaired) electrons. The van der Waals surface area contributed by atoms with Crippen molar-refractivity contribution in [2.24, 2.45) is 0 Å². The van der Waals surface area contributed by atoms with Crippen molar-refractivity contribution in [1.82, 2.24) is 14.5 Å². The molecule has 0 aromatic carbocycles. The molecule has 0 bridgehead atoms. The fourth-order valence-electron chi connectivity index (χ4n) is 3.45. The number of thiazole rings is 1. The number of pyridine rings is 1. The Morgan fingerprint density at radius 1 is 1.46 bits per heavy atom. The molecule has 7 nitrogen and oxygen atoms in total. The standard InChI is InChI=1S/C20H21N3O4S/c1-12-15(20(24)25)8-17(23(12)10-14-4-3-7-27-14)16-11-28-19(22-16)13-5-6-18(26-2)21-9-13/h5-6,8-9,11,14H,3-4,7,10H2,1-2H3,(H,24,25). The third-order valence-corrected chi connectivity index (χ3v) is 5.86. The molecule has 1 aliphatic rings. The molecule has 0 saturated carbocycles. The van der Waals surface area contributed by atoms with E-state index in [2.05, 4.69) is 4.98 Å². The van der Waals surface area contributed by atoms with Crippen LogP contribution in [0.4, 0.5) is 0 Å². The van der Waals surface area contributed by atoms with Crippen molar-refractivity contribution < 1.29 is 19.4 Å². The Bertz CT molecular complexity index is 988. The molecule has 3 aromatic heterocycles. The first-order valence-corrected chi connectivity index (χ1v) is 9.96. The number of hydrogen-bond acceptors (Lipinski definition) is 6. The van der Waals surface area contributed by atoms with Crippen LogP contribution in [0.2, 0.25) is 0 Å². The lowest BCUT2D eigenvalue weighted by atomic mass is 10.2. The molecule has 8 heteroatoms. The van der Waals surface area contributed by atoms with E-state index in [0.717, 1.165) is 47.1 Å². The second-order valence-electron chi connectivity index (χ2n) is 6.71. The van der Waals surface area contributed by atoms with Crippen LogP contribution >= 0.6 is 11.3 Å². The number of carbonyl (C=O) groups is 1. The molecule has 0 aliphatic carbocycles. The minimum absolute atomic E-state index is 0.107. The highest BCUT2D eigenvalue weighted by molar-refractivity contribution is 7.13. The summed E-state index contributed by atoms with van der Waals surface area (Å²) in [5.41, 5.74) is 3.47. The molecule has 0 spiro atoms. The average Bonchev–Trinajstić information content (AvgIpc) is 3.44. The first kappa shape index (κ1) is 18.6. The van der Waals surface area contributed by atoms with Crippen LogP contribution in [0, 0.1) is 6.92 Å². The van der Waals surface area contributed by atoms with Crippen LogP contribution in [-0.4, -0.2) is 45.4 Å². The monoisotopic (exact) mass is 399 g/mol. The van der Waals surface area contributed by atoms with Crippen LogP contribution in [0.5, 0.6) is 5.88 Å². The number of nitrogens with zero attached hydrogens (tertiary/aromatic N) is 3. The number of hydrogen-bond donors (Lipinski definition) is 1. The van der Waals surface area contributed by atoms with Gasteiger partial charge in [-0.15, -0.1) is 11.3 Å². The zero-order chi connectivity index (χ0) is 19.7. The Morgan fingerprint density at radius 2 is 2.32 bits per heavy atom. The molecule has 28 heavy (non-hydrogen) atoms. The van der Waals surface area contributed by atoms with Crippen LogP contribution < -0.4 is 4.74 Å². The van der Waals surface area contributed by atoms with E-state index < -0.39 is 5.97 Å². The summed E-state index contributed by atoms with van der Waals surface area (Å²) in [6, 6.07) is 5.41. The maximum atomic E-state index is 11.7. The summed E-state index contributed by atoms with van der Waals surface area (Å²) >= 11 is 1.50. The summed E-state index contributed by atoms with van der Waals surface area (Å²) in [5, 5.41) is 12.3. The van der Waals surface area contributed by atoms with Gasteiger partial charge in [0.05, 0.1) is 30.2 Å². The summed E-state index contributed by atoms with van der Waals surface area (Å²) in [6.45, 7) is 3.23. The van der Waals surface area contributed by atoms with E-state index in [0.29, 0.717) is 18.0 Å². The number of carboxylic acid groups (broad SMARTS) is 1. The average molecular weight is 399 g/mol. The van der Waals surface area contributed by atoms with Gasteiger partial charge >= 0.3 is 5.97 Å². The lowest BCUT2D eigenvalue weighted by Crippen LogP contribution is -2.17. The number of methoxy groups -OCH3 is 1. The van der Waals surface area contributed by atoms with Crippen molar-refractivity contribution in [3.05, 3.63) is 41.0 Å². The van der Waals surface area contributed by atoms with Crippen molar-refractivity contribution >= 4 is 17.3 Å². The normalized spacial score (nSPS) is 16.4. The second kappa shape index (κ2) is 7.73. The SMILES string of the molecule is COc1ccc(-c2nc(-c3cc(C(=O)O)c(C)n3CC3CCCO3)cs2)cn1. The zero-order valence-corrected chi connectivity index (χ0v) is 16.5. The van der Waals surface area contributed by atoms with Crippen molar-refractivity contribution in [2.75, 3.05) is 13.7 Å². The molecule has 1 N–H and O–H groups in total. The van der Waals surface area contributed by atoms with Gasteiger partial charge in [0.2, 0.25) is 5.88 Å². The van der Waals surface area contributed by atoms with Gasteiger partial charge in [-0.2, -0.15) is 0 Å². The molecule has 3 aromatic rings. The lowest BCUT2D eigenvalue weighted by Gasteiger charge is -2.15. The highest BCUT2D eigenvalue weighted by Crippen LogP contribution is 2.32. The van der Waals surface area contributed by atoms with Crippen LogP contribution in [0.15, 0.2) is 29.8 Å². The molecular formula is C20H21N3O4S. The van der Waals surface area contributed by atoms with Gasteiger partial charge in [0.15, 0.2) is 0 Å². The minimum atomic E-state index is -0.931. The molecule has 146 valence electrons. The third kappa shape index (κ3) is 3.53. The van der Waals surface area contributed by atoms with Crippen molar-refractivity contribution in [2.45, 2.75) is 32.4 Å². The number of aromatic carboxylic acids is 1. The van der Waals surface area contributed by atoms with Crippen molar-refractivity contribution in [1.29, 1.82) is 0 Å². The lowest BCUT2D eigenvalue weighted by molar-refractivity contribution is 0.0694. The van der Waals surface area contributed by atoms with Crippen LogP contribution in [0.1, 0.15) is 28.9 Å². The smallest absolute Gasteiger partial charge is 0.337 e. The molecule has 1 aliphatic heterocycles. The highest BCUT2D eigenvalue weighted by Gasteiger charge is 2.24. The predicted octanol–water partition coefficient (Wildman–Crippen LogP) is 3.87. The molecule has 4 rings (SSSR count). The summed E-state index contributed by atoms with van der Waals surface area (Å²) < 4.78 is 12.9. The topological polar surface area (TPSA) is 86.5 Å². The van der Waals surface area contributed by atoms with Gasteiger partial charge < -0.3 is 19.1 Å². The summed E-state index contributed by atoms with van der Waals surface area (Å²) in [5.74, 6) is -0.382. The second-order valence-corrected chi connectivity index (χ2v) is 7.56. The van der Waals surface area contributed by atoms with Gasteiger partial charge in [0.25, 0.3) is 0 Å². The Morgan fingerprint density at radius 3 is 2.96 bits per heavy atom. The summed E-state index contributed by atoms with van der Waals surface area (Å²) in [4.78, 5) is 20.6. The van der Waals surface area contributed by atoms with E-state index in [9.17, 15) is 9.90 Å². The quantitative estimate of drug-likeness (QED) is 0.677. The number of carboxylic acids is 1. The van der Waals surface area contributed by atoms with E-state index in [-0.39, 0.29) is 6.10 Å². The number of ether oxygens (including phenoxy) is 2. The van der Waals surface area contributed by atoms with Gasteiger partial charge in [0, 0.05) is 42.1 Å². The molecule has 4 heterocycles. The van der Waals surface area contributed by atoms with E-state index in [1.54, 1.807) is 25.4 Å². The number of rotatable bonds is 6. The van der Waals surface area contributed by atoms with Crippen molar-refractivity contribution in [3.63, 3.8) is 0 Å². The first-order chi connectivity index (χ1) is 13.6. The van der Waals surface area contributed by atoms with E-state index in [1.165, 1.54) is 11.3 Å².